The summed E-state index contributed by atoms with van der Waals surface area (Å²) in [5, 5.41) is 7.25. The molecule has 2 N–H and O–H groups in total. The first-order chi connectivity index (χ1) is 15.2. The lowest BCUT2D eigenvalue weighted by Gasteiger charge is -2.37. The largest absolute Gasteiger partial charge is 0.349 e. The number of fused-ring (bicyclic) bond motifs is 1. The molecule has 2 atom stereocenters. The third-order valence-electron chi connectivity index (χ3n) is 6.00. The van der Waals surface area contributed by atoms with Gasteiger partial charge in [-0.15, -0.1) is 0 Å². The second-order valence-electron chi connectivity index (χ2n) is 7.96. The molecular weight excluding hydrogens is 390 g/mol. The van der Waals surface area contributed by atoms with E-state index in [1.807, 2.05) is 54.3 Å². The molecule has 0 unspecified atom stereocenters. The Labute approximate surface area is 181 Å². The van der Waals surface area contributed by atoms with Crippen LogP contribution < -0.4 is 5.32 Å². The third kappa shape index (κ3) is 4.87. The molecule has 1 aliphatic rings. The van der Waals surface area contributed by atoms with Gasteiger partial charge in [0.2, 0.25) is 0 Å². The summed E-state index contributed by atoms with van der Waals surface area (Å²) in [6.45, 7) is 3.47. The molecular formula is C23H27N7O. The first-order valence-corrected chi connectivity index (χ1v) is 10.8. The molecule has 3 aromatic rings. The molecule has 160 valence electrons. The van der Waals surface area contributed by atoms with Gasteiger partial charge in [-0.1, -0.05) is 29.4 Å². The number of aromatic amines is 1. The summed E-state index contributed by atoms with van der Waals surface area (Å²) in [6.07, 6.45) is 5.90. The smallest absolute Gasteiger partial charge is 0.270 e. The molecule has 1 aromatic carbocycles. The predicted octanol–water partition coefficient (Wildman–Crippen LogP) is 5.07. The van der Waals surface area contributed by atoms with Crippen molar-refractivity contribution in [3.05, 3.63) is 70.4 Å². The first-order valence-electron chi connectivity index (χ1n) is 10.8. The molecule has 0 aliphatic heterocycles. The highest BCUT2D eigenvalue weighted by atomic mass is 16.2. The number of rotatable bonds is 7. The van der Waals surface area contributed by atoms with Crippen molar-refractivity contribution in [3.63, 3.8) is 0 Å². The van der Waals surface area contributed by atoms with E-state index in [0.717, 1.165) is 48.8 Å². The van der Waals surface area contributed by atoms with Crippen molar-refractivity contribution < 1.29 is 4.79 Å². The molecule has 0 saturated heterocycles. The average molecular weight is 418 g/mol. The number of aromatic nitrogens is 2. The highest BCUT2D eigenvalue weighted by Crippen LogP contribution is 2.25. The summed E-state index contributed by atoms with van der Waals surface area (Å²) in [5.74, 6) is 0.0415. The zero-order valence-electron chi connectivity index (χ0n) is 17.7. The number of carbonyl (C=O) groups excluding carboxylic acids is 1. The number of amides is 1. The number of azide groups is 1. The van der Waals surface area contributed by atoms with Crippen LogP contribution in [0, 0.1) is 0 Å². The van der Waals surface area contributed by atoms with Crippen LogP contribution in [0.1, 0.15) is 48.7 Å². The van der Waals surface area contributed by atoms with Gasteiger partial charge in [0, 0.05) is 42.0 Å². The Morgan fingerprint density at radius 1 is 1.32 bits per heavy atom. The number of pyridine rings is 1. The Hall–Kier alpha value is -3.35. The van der Waals surface area contributed by atoms with Crippen molar-refractivity contribution in [2.75, 3.05) is 6.54 Å². The maximum atomic E-state index is 13.2. The molecule has 1 saturated carbocycles. The maximum absolute atomic E-state index is 13.2. The zero-order valence-corrected chi connectivity index (χ0v) is 17.7. The Bertz CT molecular complexity index is 1050. The number of hydrogen-bond acceptors (Lipinski definition) is 4. The van der Waals surface area contributed by atoms with Crippen molar-refractivity contribution in [1.82, 2.24) is 20.2 Å². The molecule has 2 aromatic heterocycles. The van der Waals surface area contributed by atoms with Crippen molar-refractivity contribution in [2.24, 2.45) is 5.11 Å². The lowest BCUT2D eigenvalue weighted by Crippen LogP contribution is -2.46. The van der Waals surface area contributed by atoms with E-state index in [1.54, 1.807) is 6.20 Å². The summed E-state index contributed by atoms with van der Waals surface area (Å²) < 4.78 is 0. The van der Waals surface area contributed by atoms with E-state index in [9.17, 15) is 4.79 Å². The quantitative estimate of drug-likeness (QED) is 0.318. The molecule has 1 aliphatic carbocycles. The van der Waals surface area contributed by atoms with Gasteiger partial charge in [-0.3, -0.25) is 9.78 Å². The Balaban J connectivity index is 1.38. The van der Waals surface area contributed by atoms with Crippen LogP contribution in [-0.2, 0) is 6.54 Å². The van der Waals surface area contributed by atoms with Gasteiger partial charge < -0.3 is 15.2 Å². The highest BCUT2D eigenvalue weighted by Gasteiger charge is 2.30. The Morgan fingerprint density at radius 3 is 2.90 bits per heavy atom. The van der Waals surface area contributed by atoms with Crippen molar-refractivity contribution in [3.8, 4) is 0 Å². The number of hydrogen-bond donors (Lipinski definition) is 2. The topological polar surface area (TPSA) is 110 Å². The lowest BCUT2D eigenvalue weighted by atomic mass is 9.89. The van der Waals surface area contributed by atoms with Gasteiger partial charge in [-0.05, 0) is 61.9 Å². The average Bonchev–Trinajstić information content (AvgIpc) is 3.24. The SMILES string of the molecule is CCN(C(=O)c1cc2ncccc2[nH]1)[C@H]1CCC[C@@H](NCc2ccc(N=[N+]=[N-])cc2)C1. The number of H-pyrrole nitrogens is 1. The molecule has 2 heterocycles. The van der Waals surface area contributed by atoms with Crippen molar-refractivity contribution in [1.29, 1.82) is 0 Å². The van der Waals surface area contributed by atoms with Crippen LogP contribution in [0.4, 0.5) is 5.69 Å². The first kappa shape index (κ1) is 20.9. The number of nitrogens with one attached hydrogen (secondary N) is 2. The van der Waals surface area contributed by atoms with Crippen molar-refractivity contribution in [2.45, 2.75) is 51.2 Å². The van der Waals surface area contributed by atoms with Crippen LogP contribution >= 0.6 is 0 Å². The molecule has 31 heavy (non-hydrogen) atoms. The zero-order chi connectivity index (χ0) is 21.6. The number of nitrogens with zero attached hydrogens (tertiary/aromatic N) is 5. The maximum Gasteiger partial charge on any atom is 0.270 e. The van der Waals surface area contributed by atoms with E-state index in [4.69, 9.17) is 5.53 Å². The summed E-state index contributed by atoms with van der Waals surface area (Å²) in [5.41, 5.74) is 12.6. The standard InChI is InChI=1S/C23H27N7O/c1-2-30(23(31)22-14-21-20(27-22)7-4-12-25-21)19-6-3-5-18(13-19)26-15-16-8-10-17(11-9-16)28-29-24/h4,7-12,14,18-19,26-27H,2-3,5-6,13,15H2,1H3/t18-,19+/m1/s1. The van der Waals surface area contributed by atoms with Gasteiger partial charge in [0.15, 0.2) is 0 Å². The van der Waals surface area contributed by atoms with Crippen LogP contribution in [0.25, 0.3) is 21.5 Å². The molecule has 0 spiro atoms. The van der Waals surface area contributed by atoms with Gasteiger partial charge in [-0.25, -0.2) is 0 Å². The molecule has 0 bridgehead atoms. The van der Waals surface area contributed by atoms with E-state index in [2.05, 4.69) is 25.3 Å². The predicted molar refractivity (Wildman–Crippen MR) is 121 cm³/mol. The fourth-order valence-electron chi connectivity index (χ4n) is 4.42. The van der Waals surface area contributed by atoms with E-state index >= 15 is 0 Å². The fourth-order valence-corrected chi connectivity index (χ4v) is 4.42. The fraction of sp³-hybridized carbons (Fsp3) is 0.391. The van der Waals surface area contributed by atoms with Crippen LogP contribution in [0.15, 0.2) is 53.8 Å². The minimum Gasteiger partial charge on any atom is -0.349 e. The van der Waals surface area contributed by atoms with E-state index in [1.165, 1.54) is 0 Å². The summed E-state index contributed by atoms with van der Waals surface area (Å²) in [6, 6.07) is 13.8. The monoisotopic (exact) mass is 417 g/mol. The minimum atomic E-state index is 0.0415. The molecule has 8 heteroatoms. The van der Waals surface area contributed by atoms with Gasteiger partial charge in [0.05, 0.1) is 11.0 Å². The van der Waals surface area contributed by atoms with Crippen molar-refractivity contribution >= 4 is 22.6 Å². The minimum absolute atomic E-state index is 0.0415. The van der Waals surface area contributed by atoms with Gasteiger partial charge in [0.1, 0.15) is 5.69 Å². The highest BCUT2D eigenvalue weighted by molar-refractivity contribution is 5.97. The summed E-state index contributed by atoms with van der Waals surface area (Å²) >= 11 is 0. The van der Waals surface area contributed by atoms with E-state index in [-0.39, 0.29) is 11.9 Å². The molecule has 1 fully saturated rings. The van der Waals surface area contributed by atoms with E-state index in [0.29, 0.717) is 24.0 Å². The summed E-state index contributed by atoms with van der Waals surface area (Å²) in [7, 11) is 0. The molecule has 1 amide bonds. The number of carbonyl (C=O) groups is 1. The van der Waals surface area contributed by atoms with Crippen LogP contribution in [-0.4, -0.2) is 39.4 Å². The van der Waals surface area contributed by atoms with Crippen LogP contribution in [0.3, 0.4) is 0 Å². The number of benzene rings is 1. The normalized spacial score (nSPS) is 18.5. The Kier molecular flexibility index (Phi) is 6.50. The Morgan fingerprint density at radius 2 is 2.16 bits per heavy atom. The van der Waals surface area contributed by atoms with Gasteiger partial charge >= 0.3 is 0 Å². The summed E-state index contributed by atoms with van der Waals surface area (Å²) in [4.78, 5) is 25.6. The van der Waals surface area contributed by atoms with Gasteiger partial charge in [0.25, 0.3) is 5.91 Å². The lowest BCUT2D eigenvalue weighted by molar-refractivity contribution is 0.0623. The second kappa shape index (κ2) is 9.64. The van der Waals surface area contributed by atoms with Crippen LogP contribution in [0.5, 0.6) is 0 Å². The third-order valence-corrected chi connectivity index (χ3v) is 6.00. The molecule has 4 rings (SSSR count). The van der Waals surface area contributed by atoms with Gasteiger partial charge in [-0.2, -0.15) is 0 Å². The van der Waals surface area contributed by atoms with E-state index < -0.39 is 0 Å². The van der Waals surface area contributed by atoms with Crippen LogP contribution in [0.2, 0.25) is 0 Å². The molecule has 0 radical (unpaired) electrons. The molecule has 8 nitrogen and oxygen atoms in total. The second-order valence-corrected chi connectivity index (χ2v) is 7.96.